The van der Waals surface area contributed by atoms with Gasteiger partial charge in [-0.3, -0.25) is 11.3 Å². The highest BCUT2D eigenvalue weighted by atomic mass is 79.9. The molecule has 1 atom stereocenters. The highest BCUT2D eigenvalue weighted by Crippen LogP contribution is 2.24. The van der Waals surface area contributed by atoms with Gasteiger partial charge in [0.1, 0.15) is 5.82 Å². The van der Waals surface area contributed by atoms with Crippen LogP contribution in [0.2, 0.25) is 0 Å². The molecule has 0 aromatic heterocycles. The van der Waals surface area contributed by atoms with E-state index >= 15 is 0 Å². The highest BCUT2D eigenvalue weighted by molar-refractivity contribution is 9.10. The summed E-state index contributed by atoms with van der Waals surface area (Å²) in [6, 6.07) is 11.1. The zero-order valence-corrected chi connectivity index (χ0v) is 13.2. The van der Waals surface area contributed by atoms with Crippen molar-refractivity contribution in [3.8, 4) is 0 Å². The largest absolute Gasteiger partial charge is 0.271 e. The van der Waals surface area contributed by atoms with Crippen molar-refractivity contribution in [2.24, 2.45) is 5.84 Å². The second kappa shape index (κ2) is 6.48. The van der Waals surface area contributed by atoms with Gasteiger partial charge in [-0.1, -0.05) is 45.3 Å². The molecule has 4 heteroatoms. The maximum absolute atomic E-state index is 13.9. The standard InChI is InChI=1S/C16H18BrFN2/c1-10-5-11(2)7-13(6-10)16(20-19)9-12-8-14(17)3-4-15(12)18/h3-8,16,20H,9,19H2,1-2H3. The number of nitrogens with two attached hydrogens (primary N) is 1. The van der Waals surface area contributed by atoms with Gasteiger partial charge in [0.2, 0.25) is 0 Å². The van der Waals surface area contributed by atoms with Gasteiger partial charge in [-0.05, 0) is 49.6 Å². The van der Waals surface area contributed by atoms with Crippen LogP contribution in [0, 0.1) is 19.7 Å². The van der Waals surface area contributed by atoms with E-state index in [0.29, 0.717) is 12.0 Å². The predicted octanol–water partition coefficient (Wildman–Crippen LogP) is 3.95. The average Bonchev–Trinajstić information content (AvgIpc) is 2.38. The summed E-state index contributed by atoms with van der Waals surface area (Å²) in [5.41, 5.74) is 6.85. The van der Waals surface area contributed by atoms with Gasteiger partial charge in [-0.15, -0.1) is 0 Å². The molecule has 1 unspecified atom stereocenters. The van der Waals surface area contributed by atoms with Gasteiger partial charge in [0.15, 0.2) is 0 Å². The third-order valence-corrected chi connectivity index (χ3v) is 3.77. The smallest absolute Gasteiger partial charge is 0.126 e. The third-order valence-electron chi connectivity index (χ3n) is 3.28. The Morgan fingerprint density at radius 3 is 2.40 bits per heavy atom. The van der Waals surface area contributed by atoms with Crippen LogP contribution >= 0.6 is 15.9 Å². The van der Waals surface area contributed by atoms with Crippen molar-refractivity contribution < 1.29 is 4.39 Å². The van der Waals surface area contributed by atoms with E-state index in [1.54, 1.807) is 12.1 Å². The van der Waals surface area contributed by atoms with Crippen molar-refractivity contribution in [3.05, 3.63) is 68.9 Å². The molecule has 3 N–H and O–H groups in total. The van der Waals surface area contributed by atoms with Crippen LogP contribution in [0.15, 0.2) is 40.9 Å². The van der Waals surface area contributed by atoms with E-state index in [0.717, 1.165) is 10.0 Å². The molecule has 2 aromatic carbocycles. The van der Waals surface area contributed by atoms with Crippen LogP contribution in [0.4, 0.5) is 4.39 Å². The Bertz CT molecular complexity index is 593. The first-order valence-corrected chi connectivity index (χ1v) is 7.27. The van der Waals surface area contributed by atoms with Gasteiger partial charge in [-0.2, -0.15) is 0 Å². The van der Waals surface area contributed by atoms with Gasteiger partial charge in [0.05, 0.1) is 6.04 Å². The molecular weight excluding hydrogens is 319 g/mol. The number of nitrogens with one attached hydrogen (secondary N) is 1. The number of hydrazine groups is 1. The molecule has 0 bridgehead atoms. The molecule has 2 rings (SSSR count). The van der Waals surface area contributed by atoms with Gasteiger partial charge in [0, 0.05) is 4.47 Å². The lowest BCUT2D eigenvalue weighted by molar-refractivity contribution is 0.528. The first-order chi connectivity index (χ1) is 9.49. The fourth-order valence-corrected chi connectivity index (χ4v) is 2.81. The SMILES string of the molecule is Cc1cc(C)cc(C(Cc2cc(Br)ccc2F)NN)c1. The summed E-state index contributed by atoms with van der Waals surface area (Å²) in [5.74, 6) is 5.45. The van der Waals surface area contributed by atoms with E-state index in [-0.39, 0.29) is 11.9 Å². The van der Waals surface area contributed by atoms with E-state index < -0.39 is 0 Å². The molecule has 2 aromatic rings. The second-order valence-corrected chi connectivity index (χ2v) is 6.00. The van der Waals surface area contributed by atoms with Crippen LogP contribution in [0.1, 0.15) is 28.3 Å². The molecule has 0 radical (unpaired) electrons. The zero-order chi connectivity index (χ0) is 14.7. The van der Waals surface area contributed by atoms with Gasteiger partial charge in [-0.25, -0.2) is 4.39 Å². The minimum atomic E-state index is -0.210. The first-order valence-electron chi connectivity index (χ1n) is 6.48. The van der Waals surface area contributed by atoms with Gasteiger partial charge in [0.25, 0.3) is 0 Å². The van der Waals surface area contributed by atoms with Crippen molar-refractivity contribution in [2.75, 3.05) is 0 Å². The van der Waals surface area contributed by atoms with Crippen LogP contribution in [0.5, 0.6) is 0 Å². The molecule has 0 saturated heterocycles. The number of hydrogen-bond donors (Lipinski definition) is 2. The minimum Gasteiger partial charge on any atom is -0.271 e. The highest BCUT2D eigenvalue weighted by Gasteiger charge is 2.14. The molecule has 0 fully saturated rings. The van der Waals surface area contributed by atoms with Crippen molar-refractivity contribution in [2.45, 2.75) is 26.3 Å². The summed E-state index contributed by atoms with van der Waals surface area (Å²) in [6.07, 6.45) is 0.505. The summed E-state index contributed by atoms with van der Waals surface area (Å²) in [4.78, 5) is 0. The number of aryl methyl sites for hydroxylation is 2. The van der Waals surface area contributed by atoms with Crippen LogP contribution in [0.3, 0.4) is 0 Å². The van der Waals surface area contributed by atoms with E-state index in [1.807, 2.05) is 13.8 Å². The maximum Gasteiger partial charge on any atom is 0.126 e. The number of hydrogen-bond acceptors (Lipinski definition) is 2. The Balaban J connectivity index is 2.30. The summed E-state index contributed by atoms with van der Waals surface area (Å²) in [5, 5.41) is 0. The van der Waals surface area contributed by atoms with Crippen molar-refractivity contribution >= 4 is 15.9 Å². The van der Waals surface area contributed by atoms with Crippen molar-refractivity contribution in [1.82, 2.24) is 5.43 Å². The third kappa shape index (κ3) is 3.66. The molecule has 0 saturated carbocycles. The number of halogens is 2. The van der Waals surface area contributed by atoms with E-state index in [2.05, 4.69) is 39.6 Å². The van der Waals surface area contributed by atoms with Crippen LogP contribution in [0.25, 0.3) is 0 Å². The Kier molecular flexibility index (Phi) is 4.91. The molecule has 0 amide bonds. The first kappa shape index (κ1) is 15.2. The molecule has 2 nitrogen and oxygen atoms in total. The number of rotatable bonds is 4. The van der Waals surface area contributed by atoms with Crippen molar-refractivity contribution in [1.29, 1.82) is 0 Å². The van der Waals surface area contributed by atoms with Crippen molar-refractivity contribution in [3.63, 3.8) is 0 Å². The molecule has 0 heterocycles. The molecule has 0 aliphatic rings. The Morgan fingerprint density at radius 1 is 1.15 bits per heavy atom. The average molecular weight is 337 g/mol. The van der Waals surface area contributed by atoms with E-state index in [4.69, 9.17) is 5.84 Å². The molecule has 20 heavy (non-hydrogen) atoms. The number of benzene rings is 2. The molecular formula is C16H18BrFN2. The normalized spacial score (nSPS) is 12.4. The summed E-state index contributed by atoms with van der Waals surface area (Å²) < 4.78 is 14.7. The quantitative estimate of drug-likeness (QED) is 0.655. The van der Waals surface area contributed by atoms with Crippen LogP contribution in [-0.4, -0.2) is 0 Å². The monoisotopic (exact) mass is 336 g/mol. The van der Waals surface area contributed by atoms with Gasteiger partial charge >= 0.3 is 0 Å². The molecule has 0 aliphatic carbocycles. The van der Waals surface area contributed by atoms with Crippen LogP contribution in [-0.2, 0) is 6.42 Å². The summed E-state index contributed by atoms with van der Waals surface area (Å²) >= 11 is 3.37. The fraction of sp³-hybridized carbons (Fsp3) is 0.250. The Morgan fingerprint density at radius 2 is 1.80 bits per heavy atom. The van der Waals surface area contributed by atoms with Gasteiger partial charge < -0.3 is 0 Å². The second-order valence-electron chi connectivity index (χ2n) is 5.08. The molecule has 0 aliphatic heterocycles. The summed E-state index contributed by atoms with van der Waals surface area (Å²) in [6.45, 7) is 4.09. The lowest BCUT2D eigenvalue weighted by Crippen LogP contribution is -2.30. The topological polar surface area (TPSA) is 38.0 Å². The van der Waals surface area contributed by atoms with E-state index in [9.17, 15) is 4.39 Å². The lowest BCUT2D eigenvalue weighted by atomic mass is 9.96. The predicted molar refractivity (Wildman–Crippen MR) is 83.8 cm³/mol. The zero-order valence-electron chi connectivity index (χ0n) is 11.6. The maximum atomic E-state index is 13.9. The van der Waals surface area contributed by atoms with E-state index in [1.165, 1.54) is 17.2 Å². The fourth-order valence-electron chi connectivity index (χ4n) is 2.40. The summed E-state index contributed by atoms with van der Waals surface area (Å²) in [7, 11) is 0. The Labute approximate surface area is 127 Å². The Hall–Kier alpha value is -1.23. The lowest BCUT2D eigenvalue weighted by Gasteiger charge is -2.18. The molecule has 106 valence electrons. The minimum absolute atomic E-state index is 0.114. The van der Waals surface area contributed by atoms with Crippen LogP contribution < -0.4 is 11.3 Å². The molecule has 0 spiro atoms.